The molecule has 0 saturated carbocycles. The maximum absolute atomic E-state index is 13.1. The van der Waals surface area contributed by atoms with E-state index in [-0.39, 0.29) is 5.82 Å². The van der Waals surface area contributed by atoms with Crippen molar-refractivity contribution in [3.8, 4) is 11.5 Å². The predicted molar refractivity (Wildman–Crippen MR) is 119 cm³/mol. The Morgan fingerprint density at radius 2 is 1.83 bits per heavy atom. The Hall–Kier alpha value is -2.37. The van der Waals surface area contributed by atoms with E-state index in [9.17, 15) is 4.39 Å². The minimum atomic E-state index is -0.275. The van der Waals surface area contributed by atoms with Crippen LogP contribution in [0, 0.1) is 12.7 Å². The first kappa shape index (κ1) is 21.3. The molecule has 0 fully saturated rings. The first-order valence-corrected chi connectivity index (χ1v) is 10.3. The Balaban J connectivity index is 1.82. The molecule has 0 spiro atoms. The molecular formula is C23H20BrClFNO2. The number of benzene rings is 3. The lowest BCUT2D eigenvalue weighted by molar-refractivity contribution is 0.267. The van der Waals surface area contributed by atoms with Gasteiger partial charge in [0.1, 0.15) is 12.4 Å². The van der Waals surface area contributed by atoms with Crippen molar-refractivity contribution in [1.82, 2.24) is 0 Å². The van der Waals surface area contributed by atoms with Crippen LogP contribution in [0.2, 0.25) is 5.02 Å². The summed E-state index contributed by atoms with van der Waals surface area (Å²) in [6, 6.07) is 15.7. The van der Waals surface area contributed by atoms with Crippen molar-refractivity contribution >= 4 is 39.4 Å². The summed E-state index contributed by atoms with van der Waals surface area (Å²) >= 11 is 9.72. The van der Waals surface area contributed by atoms with Crippen LogP contribution in [0.5, 0.6) is 11.5 Å². The van der Waals surface area contributed by atoms with E-state index in [0.717, 1.165) is 26.9 Å². The molecule has 3 aromatic rings. The molecule has 150 valence electrons. The van der Waals surface area contributed by atoms with Crippen LogP contribution >= 0.6 is 27.5 Å². The molecule has 0 aliphatic carbocycles. The molecule has 3 nitrogen and oxygen atoms in total. The van der Waals surface area contributed by atoms with Crippen molar-refractivity contribution in [1.29, 1.82) is 0 Å². The molecule has 0 bridgehead atoms. The summed E-state index contributed by atoms with van der Waals surface area (Å²) in [6.07, 6.45) is 1.75. The van der Waals surface area contributed by atoms with Gasteiger partial charge >= 0.3 is 0 Å². The van der Waals surface area contributed by atoms with Gasteiger partial charge in [-0.15, -0.1) is 0 Å². The van der Waals surface area contributed by atoms with Crippen LogP contribution in [-0.4, -0.2) is 12.8 Å². The van der Waals surface area contributed by atoms with Crippen LogP contribution in [0.3, 0.4) is 0 Å². The summed E-state index contributed by atoms with van der Waals surface area (Å²) in [4.78, 5) is 4.49. The van der Waals surface area contributed by atoms with E-state index in [1.165, 1.54) is 12.1 Å². The highest BCUT2D eigenvalue weighted by Crippen LogP contribution is 2.37. The monoisotopic (exact) mass is 475 g/mol. The van der Waals surface area contributed by atoms with Crippen molar-refractivity contribution in [2.75, 3.05) is 6.61 Å². The molecule has 0 N–H and O–H groups in total. The minimum Gasteiger partial charge on any atom is -0.490 e. The number of ether oxygens (including phenoxy) is 2. The molecule has 0 aliphatic heterocycles. The minimum absolute atomic E-state index is 0.275. The smallest absolute Gasteiger partial charge is 0.175 e. The van der Waals surface area contributed by atoms with E-state index in [1.807, 2.05) is 44.2 Å². The van der Waals surface area contributed by atoms with Gasteiger partial charge in [-0.25, -0.2) is 4.39 Å². The molecule has 0 aliphatic rings. The number of nitrogens with zero attached hydrogens (tertiary/aromatic N) is 1. The average molecular weight is 477 g/mol. The quantitative estimate of drug-likeness (QED) is 0.335. The highest BCUT2D eigenvalue weighted by atomic mass is 79.9. The standard InChI is InChI=1S/C23H20BrClFNO2/c1-3-28-22-11-17(13-27-19-9-4-15(2)21(25)12-19)10-20(24)23(22)29-14-16-5-7-18(26)8-6-16/h4-13H,3,14H2,1-2H3. The highest BCUT2D eigenvalue weighted by Gasteiger charge is 2.12. The number of rotatable bonds is 7. The van der Waals surface area contributed by atoms with Gasteiger partial charge in [0.05, 0.1) is 16.8 Å². The van der Waals surface area contributed by atoms with Crippen molar-refractivity contribution in [2.24, 2.45) is 4.99 Å². The van der Waals surface area contributed by atoms with E-state index >= 15 is 0 Å². The number of aliphatic imine (C=N–C) groups is 1. The second-order valence-electron chi connectivity index (χ2n) is 6.37. The van der Waals surface area contributed by atoms with Gasteiger partial charge in [-0.05, 0) is 82.9 Å². The Morgan fingerprint density at radius 1 is 1.07 bits per heavy atom. The maximum Gasteiger partial charge on any atom is 0.175 e. The zero-order valence-electron chi connectivity index (χ0n) is 16.1. The van der Waals surface area contributed by atoms with E-state index in [0.29, 0.717) is 29.7 Å². The molecule has 0 radical (unpaired) electrons. The van der Waals surface area contributed by atoms with Gasteiger partial charge in [-0.2, -0.15) is 0 Å². The summed E-state index contributed by atoms with van der Waals surface area (Å²) < 4.78 is 25.5. The van der Waals surface area contributed by atoms with E-state index in [2.05, 4.69) is 20.9 Å². The van der Waals surface area contributed by atoms with E-state index in [1.54, 1.807) is 18.3 Å². The zero-order chi connectivity index (χ0) is 20.8. The Kier molecular flexibility index (Phi) is 7.29. The van der Waals surface area contributed by atoms with Gasteiger partial charge in [0.25, 0.3) is 0 Å². The number of hydrogen-bond donors (Lipinski definition) is 0. The molecule has 3 aromatic carbocycles. The lowest BCUT2D eigenvalue weighted by atomic mass is 10.2. The third-order valence-electron chi connectivity index (χ3n) is 4.15. The van der Waals surface area contributed by atoms with Crippen molar-refractivity contribution in [3.63, 3.8) is 0 Å². The third kappa shape index (κ3) is 5.81. The lowest BCUT2D eigenvalue weighted by Gasteiger charge is -2.14. The van der Waals surface area contributed by atoms with Crippen molar-refractivity contribution in [3.05, 3.63) is 86.6 Å². The summed E-state index contributed by atoms with van der Waals surface area (Å²) in [5.74, 6) is 0.919. The zero-order valence-corrected chi connectivity index (χ0v) is 18.4. The SMILES string of the molecule is CCOc1cc(C=Nc2ccc(C)c(Cl)c2)cc(Br)c1OCc1ccc(F)cc1. The van der Waals surface area contributed by atoms with Gasteiger partial charge in [0, 0.05) is 11.2 Å². The van der Waals surface area contributed by atoms with Gasteiger partial charge in [0.15, 0.2) is 11.5 Å². The molecule has 0 heterocycles. The topological polar surface area (TPSA) is 30.8 Å². The molecule has 6 heteroatoms. The van der Waals surface area contributed by atoms with Crippen molar-refractivity contribution in [2.45, 2.75) is 20.5 Å². The normalized spacial score (nSPS) is 11.1. The molecule has 29 heavy (non-hydrogen) atoms. The molecule has 0 saturated heterocycles. The summed E-state index contributed by atoms with van der Waals surface area (Å²) in [6.45, 7) is 4.65. The summed E-state index contributed by atoms with van der Waals surface area (Å²) in [7, 11) is 0. The number of hydrogen-bond acceptors (Lipinski definition) is 3. The number of aryl methyl sites for hydroxylation is 1. The Labute approximate surface area is 183 Å². The third-order valence-corrected chi connectivity index (χ3v) is 5.14. The van der Waals surface area contributed by atoms with Crippen molar-refractivity contribution < 1.29 is 13.9 Å². The molecule has 0 aromatic heterocycles. The van der Waals surface area contributed by atoms with Gasteiger partial charge in [-0.3, -0.25) is 4.99 Å². The molecule has 0 unspecified atom stereocenters. The molecular weight excluding hydrogens is 457 g/mol. The average Bonchev–Trinajstić information content (AvgIpc) is 2.70. The molecule has 3 rings (SSSR count). The van der Waals surface area contributed by atoms with Crippen LogP contribution in [0.15, 0.2) is 64.1 Å². The van der Waals surface area contributed by atoms with Gasteiger partial charge in [0.2, 0.25) is 0 Å². The second kappa shape index (κ2) is 9.90. The van der Waals surface area contributed by atoms with Gasteiger partial charge < -0.3 is 9.47 Å². The largest absolute Gasteiger partial charge is 0.490 e. The summed E-state index contributed by atoms with van der Waals surface area (Å²) in [5, 5.41) is 0.681. The van der Waals surface area contributed by atoms with Crippen LogP contribution in [-0.2, 0) is 6.61 Å². The highest BCUT2D eigenvalue weighted by molar-refractivity contribution is 9.10. The van der Waals surface area contributed by atoms with E-state index in [4.69, 9.17) is 21.1 Å². The number of halogens is 3. The first-order chi connectivity index (χ1) is 14.0. The van der Waals surface area contributed by atoms with Crippen LogP contribution in [0.25, 0.3) is 0 Å². The van der Waals surface area contributed by atoms with Crippen LogP contribution in [0.1, 0.15) is 23.6 Å². The fourth-order valence-electron chi connectivity index (χ4n) is 2.61. The predicted octanol–water partition coefficient (Wildman–Crippen LogP) is 7.28. The van der Waals surface area contributed by atoms with Crippen LogP contribution < -0.4 is 9.47 Å². The summed E-state index contributed by atoms with van der Waals surface area (Å²) in [5.41, 5.74) is 3.50. The maximum atomic E-state index is 13.1. The first-order valence-electron chi connectivity index (χ1n) is 9.10. The van der Waals surface area contributed by atoms with Crippen LogP contribution in [0.4, 0.5) is 10.1 Å². The second-order valence-corrected chi connectivity index (χ2v) is 7.63. The Morgan fingerprint density at radius 3 is 2.52 bits per heavy atom. The molecule has 0 amide bonds. The fourth-order valence-corrected chi connectivity index (χ4v) is 3.36. The molecule has 0 atom stereocenters. The van der Waals surface area contributed by atoms with E-state index < -0.39 is 0 Å². The fraction of sp³-hybridized carbons (Fsp3) is 0.174. The Bertz CT molecular complexity index is 1020. The van der Waals surface area contributed by atoms with Gasteiger partial charge in [-0.1, -0.05) is 29.8 Å². The lowest BCUT2D eigenvalue weighted by Crippen LogP contribution is -2.01.